The summed E-state index contributed by atoms with van der Waals surface area (Å²) in [6.45, 7) is 0. The average molecular weight is 334 g/mol. The van der Waals surface area contributed by atoms with Crippen LogP contribution in [0.4, 0.5) is 0 Å². The molecular formula is C18H12ClN5. The summed E-state index contributed by atoms with van der Waals surface area (Å²) < 4.78 is 1.75. The molecule has 0 bridgehead atoms. The predicted octanol–water partition coefficient (Wildman–Crippen LogP) is 4.16. The monoisotopic (exact) mass is 333 g/mol. The maximum absolute atomic E-state index is 9.03. The molecule has 0 unspecified atom stereocenters. The van der Waals surface area contributed by atoms with Crippen molar-refractivity contribution < 1.29 is 0 Å². The van der Waals surface area contributed by atoms with Crippen LogP contribution >= 0.6 is 11.6 Å². The van der Waals surface area contributed by atoms with Gasteiger partial charge < -0.3 is 4.98 Å². The van der Waals surface area contributed by atoms with E-state index in [0.29, 0.717) is 16.4 Å². The molecule has 4 aromatic rings. The number of aryl methyl sites for hydroxylation is 1. The van der Waals surface area contributed by atoms with Crippen LogP contribution in [0, 0.1) is 11.3 Å². The molecule has 0 aliphatic carbocycles. The van der Waals surface area contributed by atoms with Gasteiger partial charge in [-0.2, -0.15) is 10.4 Å². The standard InChI is InChI=1S/C18H12ClN5/c1-24-10-14(17(23-24)12-3-2-4-13(19)8-12)18-21-15-6-5-11(9-20)7-16(15)22-18/h2-8,10H,1H3,(H,21,22). The molecule has 0 radical (unpaired) electrons. The summed E-state index contributed by atoms with van der Waals surface area (Å²) in [4.78, 5) is 7.91. The van der Waals surface area contributed by atoms with Crippen molar-refractivity contribution in [3.8, 4) is 28.7 Å². The lowest BCUT2D eigenvalue weighted by atomic mass is 10.1. The van der Waals surface area contributed by atoms with Crippen molar-refractivity contribution in [2.45, 2.75) is 0 Å². The molecule has 0 amide bonds. The molecule has 0 aliphatic heterocycles. The van der Waals surface area contributed by atoms with Crippen LogP contribution in [0.25, 0.3) is 33.7 Å². The molecule has 24 heavy (non-hydrogen) atoms. The van der Waals surface area contributed by atoms with Crippen LogP contribution in [0.5, 0.6) is 0 Å². The number of nitrogens with zero attached hydrogens (tertiary/aromatic N) is 4. The highest BCUT2D eigenvalue weighted by molar-refractivity contribution is 6.30. The van der Waals surface area contributed by atoms with Crippen LogP contribution in [0.3, 0.4) is 0 Å². The van der Waals surface area contributed by atoms with Crippen molar-refractivity contribution >= 4 is 22.6 Å². The zero-order chi connectivity index (χ0) is 16.7. The second-order valence-electron chi connectivity index (χ2n) is 5.50. The number of imidazole rings is 1. The normalized spacial score (nSPS) is 10.9. The number of hydrogen-bond donors (Lipinski definition) is 1. The van der Waals surface area contributed by atoms with E-state index in [4.69, 9.17) is 16.9 Å². The highest BCUT2D eigenvalue weighted by Gasteiger charge is 2.16. The number of H-pyrrole nitrogens is 1. The van der Waals surface area contributed by atoms with E-state index in [9.17, 15) is 0 Å². The summed E-state index contributed by atoms with van der Waals surface area (Å²) in [7, 11) is 1.87. The van der Waals surface area contributed by atoms with Gasteiger partial charge in [-0.05, 0) is 30.3 Å². The lowest BCUT2D eigenvalue weighted by molar-refractivity contribution is 0.771. The smallest absolute Gasteiger partial charge is 0.142 e. The third kappa shape index (κ3) is 2.43. The zero-order valence-corrected chi connectivity index (χ0v) is 13.5. The molecule has 0 aliphatic rings. The second kappa shape index (κ2) is 5.52. The molecule has 5 nitrogen and oxygen atoms in total. The molecule has 0 spiro atoms. The van der Waals surface area contributed by atoms with E-state index in [1.54, 1.807) is 16.8 Å². The lowest BCUT2D eigenvalue weighted by Gasteiger charge is -2.00. The van der Waals surface area contributed by atoms with Gasteiger partial charge in [0.2, 0.25) is 0 Å². The molecule has 0 atom stereocenters. The molecule has 1 N–H and O–H groups in total. The predicted molar refractivity (Wildman–Crippen MR) is 93.5 cm³/mol. The van der Waals surface area contributed by atoms with E-state index in [2.05, 4.69) is 21.1 Å². The Morgan fingerprint density at radius 2 is 2.08 bits per heavy atom. The Balaban J connectivity index is 1.90. The second-order valence-corrected chi connectivity index (χ2v) is 5.94. The molecule has 2 aromatic heterocycles. The number of halogens is 1. The zero-order valence-electron chi connectivity index (χ0n) is 12.8. The van der Waals surface area contributed by atoms with Gasteiger partial charge in [-0.25, -0.2) is 4.98 Å². The summed E-state index contributed by atoms with van der Waals surface area (Å²) in [6.07, 6.45) is 1.92. The fraction of sp³-hybridized carbons (Fsp3) is 0.0556. The van der Waals surface area contributed by atoms with E-state index >= 15 is 0 Å². The maximum Gasteiger partial charge on any atom is 0.142 e. The Labute approximate surface area is 143 Å². The molecule has 2 heterocycles. The Morgan fingerprint density at radius 1 is 1.21 bits per heavy atom. The number of benzene rings is 2. The third-order valence-electron chi connectivity index (χ3n) is 3.79. The van der Waals surface area contributed by atoms with Crippen molar-refractivity contribution in [1.29, 1.82) is 5.26 Å². The molecule has 4 rings (SSSR count). The quantitative estimate of drug-likeness (QED) is 0.599. The van der Waals surface area contributed by atoms with Gasteiger partial charge in [0.15, 0.2) is 0 Å². The van der Waals surface area contributed by atoms with Crippen LogP contribution in [0.1, 0.15) is 5.56 Å². The molecule has 116 valence electrons. The Kier molecular flexibility index (Phi) is 3.33. The van der Waals surface area contributed by atoms with Gasteiger partial charge in [0.25, 0.3) is 0 Å². The van der Waals surface area contributed by atoms with Gasteiger partial charge in [0.1, 0.15) is 11.5 Å². The van der Waals surface area contributed by atoms with Crippen molar-refractivity contribution in [3.05, 3.63) is 59.2 Å². The summed E-state index contributed by atoms with van der Waals surface area (Å²) in [6, 6.07) is 15.1. The number of hydrogen-bond acceptors (Lipinski definition) is 3. The maximum atomic E-state index is 9.03. The highest BCUT2D eigenvalue weighted by atomic mass is 35.5. The van der Waals surface area contributed by atoms with Gasteiger partial charge in [0.05, 0.1) is 28.2 Å². The topological polar surface area (TPSA) is 70.3 Å². The van der Waals surface area contributed by atoms with Gasteiger partial charge in [-0.3, -0.25) is 4.68 Å². The minimum atomic E-state index is 0.596. The van der Waals surface area contributed by atoms with Crippen molar-refractivity contribution in [3.63, 3.8) is 0 Å². The minimum Gasteiger partial charge on any atom is -0.338 e. The summed E-state index contributed by atoms with van der Waals surface area (Å²) in [5.74, 6) is 0.711. The first-order valence-corrected chi connectivity index (χ1v) is 7.71. The first-order chi connectivity index (χ1) is 11.6. The molecule has 0 saturated heterocycles. The fourth-order valence-corrected chi connectivity index (χ4v) is 2.91. The number of aromatic amines is 1. The van der Waals surface area contributed by atoms with Crippen LogP contribution in [-0.4, -0.2) is 19.7 Å². The fourth-order valence-electron chi connectivity index (χ4n) is 2.72. The third-order valence-corrected chi connectivity index (χ3v) is 4.03. The Morgan fingerprint density at radius 3 is 2.88 bits per heavy atom. The van der Waals surface area contributed by atoms with Gasteiger partial charge in [0, 0.05) is 23.8 Å². The van der Waals surface area contributed by atoms with Gasteiger partial charge in [-0.1, -0.05) is 23.7 Å². The average Bonchev–Trinajstić information content (AvgIpc) is 3.17. The molecule has 2 aromatic carbocycles. The first-order valence-electron chi connectivity index (χ1n) is 7.34. The number of rotatable bonds is 2. The van der Waals surface area contributed by atoms with E-state index in [-0.39, 0.29) is 0 Å². The van der Waals surface area contributed by atoms with Crippen LogP contribution in [-0.2, 0) is 7.05 Å². The summed E-state index contributed by atoms with van der Waals surface area (Å²) in [5, 5.41) is 14.2. The van der Waals surface area contributed by atoms with Crippen LogP contribution in [0.2, 0.25) is 5.02 Å². The summed E-state index contributed by atoms with van der Waals surface area (Å²) in [5.41, 5.74) is 4.85. The van der Waals surface area contributed by atoms with Crippen LogP contribution in [0.15, 0.2) is 48.7 Å². The minimum absolute atomic E-state index is 0.596. The Bertz CT molecular complexity index is 1100. The van der Waals surface area contributed by atoms with E-state index in [1.165, 1.54) is 0 Å². The molecule has 0 saturated carbocycles. The van der Waals surface area contributed by atoms with Crippen LogP contribution < -0.4 is 0 Å². The van der Waals surface area contributed by atoms with Gasteiger partial charge in [-0.15, -0.1) is 0 Å². The van der Waals surface area contributed by atoms with Gasteiger partial charge >= 0.3 is 0 Å². The number of fused-ring (bicyclic) bond motifs is 1. The SMILES string of the molecule is Cn1cc(-c2nc3ccc(C#N)cc3[nH]2)c(-c2cccc(Cl)c2)n1. The molecule has 0 fully saturated rings. The molecule has 6 heteroatoms. The summed E-state index contributed by atoms with van der Waals surface area (Å²) >= 11 is 6.11. The van der Waals surface area contributed by atoms with E-state index in [0.717, 1.165) is 27.9 Å². The molecular weight excluding hydrogens is 322 g/mol. The Hall–Kier alpha value is -3.10. The number of nitrogens with one attached hydrogen (secondary N) is 1. The highest BCUT2D eigenvalue weighted by Crippen LogP contribution is 2.31. The van der Waals surface area contributed by atoms with Crippen molar-refractivity contribution in [2.75, 3.05) is 0 Å². The first kappa shape index (κ1) is 14.5. The lowest BCUT2D eigenvalue weighted by Crippen LogP contribution is -1.87. The van der Waals surface area contributed by atoms with Crippen molar-refractivity contribution in [2.24, 2.45) is 7.05 Å². The largest absolute Gasteiger partial charge is 0.338 e. The number of aromatic nitrogens is 4. The number of nitriles is 1. The van der Waals surface area contributed by atoms with E-state index in [1.807, 2.05) is 43.6 Å². The van der Waals surface area contributed by atoms with Crippen molar-refractivity contribution in [1.82, 2.24) is 19.7 Å². The van der Waals surface area contributed by atoms with E-state index < -0.39 is 0 Å².